The van der Waals surface area contributed by atoms with Crippen LogP contribution in [0.5, 0.6) is 5.75 Å². The summed E-state index contributed by atoms with van der Waals surface area (Å²) in [6, 6.07) is 7.33. The molecule has 0 aromatic heterocycles. The maximum atomic E-state index is 10.2. The summed E-state index contributed by atoms with van der Waals surface area (Å²) in [5.41, 5.74) is 0.220. The Morgan fingerprint density at radius 2 is 1.80 bits per heavy atom. The van der Waals surface area contributed by atoms with Crippen LogP contribution in [0.3, 0.4) is 0 Å². The Kier molecular flexibility index (Phi) is 6.46. The third kappa shape index (κ3) is 4.78. The lowest BCUT2D eigenvalue weighted by Crippen LogP contribution is -2.25. The first kappa shape index (κ1) is 17.0. The van der Waals surface area contributed by atoms with E-state index in [1.807, 2.05) is 45.0 Å². The second-order valence-corrected chi connectivity index (χ2v) is 5.80. The van der Waals surface area contributed by atoms with Crippen LogP contribution in [0.15, 0.2) is 24.3 Å². The van der Waals surface area contributed by atoms with E-state index in [-0.39, 0.29) is 12.7 Å². The van der Waals surface area contributed by atoms with Gasteiger partial charge in [0, 0.05) is 18.9 Å². The summed E-state index contributed by atoms with van der Waals surface area (Å²) < 4.78 is 10.8. The van der Waals surface area contributed by atoms with Gasteiger partial charge in [0.2, 0.25) is 0 Å². The molecule has 2 N–H and O–H groups in total. The lowest BCUT2D eigenvalue weighted by molar-refractivity contribution is 0.00635. The molecular weight excluding hydrogens is 256 g/mol. The van der Waals surface area contributed by atoms with Gasteiger partial charge in [-0.2, -0.15) is 0 Å². The zero-order chi connectivity index (χ0) is 15.2. The maximum absolute atomic E-state index is 10.2. The Bertz CT molecular complexity index is 386. The van der Waals surface area contributed by atoms with Crippen molar-refractivity contribution in [3.63, 3.8) is 0 Å². The second-order valence-electron chi connectivity index (χ2n) is 5.80. The fourth-order valence-corrected chi connectivity index (χ4v) is 1.74. The van der Waals surface area contributed by atoms with Gasteiger partial charge in [0.15, 0.2) is 0 Å². The number of aliphatic hydroxyl groups is 2. The average molecular weight is 282 g/mol. The van der Waals surface area contributed by atoms with Crippen LogP contribution in [0.4, 0.5) is 0 Å². The van der Waals surface area contributed by atoms with E-state index in [1.165, 1.54) is 0 Å². The zero-order valence-corrected chi connectivity index (χ0v) is 12.8. The van der Waals surface area contributed by atoms with E-state index in [0.29, 0.717) is 6.61 Å². The largest absolute Gasteiger partial charge is 0.493 e. The van der Waals surface area contributed by atoms with Crippen LogP contribution in [0, 0.1) is 5.41 Å². The standard InChI is InChI=1S/C16H26O4/c1-12(19-4)9-10-20-14-7-5-13(6-8-14)15(18)16(2,3)11-17/h5-8,12,15,17-18H,9-11H2,1-4H3. The quantitative estimate of drug-likeness (QED) is 0.769. The predicted molar refractivity (Wildman–Crippen MR) is 78.9 cm³/mol. The summed E-state index contributed by atoms with van der Waals surface area (Å²) in [7, 11) is 1.68. The van der Waals surface area contributed by atoms with Gasteiger partial charge in [-0.1, -0.05) is 26.0 Å². The fraction of sp³-hybridized carbons (Fsp3) is 0.625. The van der Waals surface area contributed by atoms with Gasteiger partial charge in [0.25, 0.3) is 0 Å². The molecule has 0 aliphatic heterocycles. The average Bonchev–Trinajstić information content (AvgIpc) is 2.47. The first-order valence-corrected chi connectivity index (χ1v) is 6.95. The molecule has 4 heteroatoms. The Morgan fingerprint density at radius 1 is 1.20 bits per heavy atom. The van der Waals surface area contributed by atoms with Crippen molar-refractivity contribution < 1.29 is 19.7 Å². The minimum absolute atomic E-state index is 0.0681. The zero-order valence-electron chi connectivity index (χ0n) is 12.8. The monoisotopic (exact) mass is 282 g/mol. The molecule has 2 unspecified atom stereocenters. The molecule has 2 atom stereocenters. The van der Waals surface area contributed by atoms with E-state index >= 15 is 0 Å². The Labute approximate surface area is 121 Å². The van der Waals surface area contributed by atoms with E-state index in [0.717, 1.165) is 17.7 Å². The Balaban J connectivity index is 2.56. The molecule has 4 nitrogen and oxygen atoms in total. The number of hydrogen-bond acceptors (Lipinski definition) is 4. The number of aliphatic hydroxyl groups excluding tert-OH is 2. The van der Waals surface area contributed by atoms with Crippen LogP contribution in [0.1, 0.15) is 38.9 Å². The van der Waals surface area contributed by atoms with E-state index in [1.54, 1.807) is 7.11 Å². The molecule has 0 fully saturated rings. The van der Waals surface area contributed by atoms with Gasteiger partial charge in [0.1, 0.15) is 5.75 Å². The van der Waals surface area contributed by atoms with Crippen molar-refractivity contribution in [2.45, 2.75) is 39.4 Å². The molecule has 1 rings (SSSR count). The van der Waals surface area contributed by atoms with Crippen molar-refractivity contribution in [1.82, 2.24) is 0 Å². The van der Waals surface area contributed by atoms with Gasteiger partial charge in [-0.25, -0.2) is 0 Å². The second kappa shape index (κ2) is 7.62. The Morgan fingerprint density at radius 3 is 2.30 bits per heavy atom. The van der Waals surface area contributed by atoms with Crippen LogP contribution in [0.2, 0.25) is 0 Å². The van der Waals surface area contributed by atoms with Crippen LogP contribution in [0.25, 0.3) is 0 Å². The van der Waals surface area contributed by atoms with E-state index in [9.17, 15) is 10.2 Å². The molecule has 114 valence electrons. The molecule has 0 heterocycles. The van der Waals surface area contributed by atoms with E-state index < -0.39 is 11.5 Å². The molecule has 0 saturated heterocycles. The normalized spacial score (nSPS) is 14.9. The van der Waals surface area contributed by atoms with Gasteiger partial charge in [-0.05, 0) is 24.6 Å². The summed E-state index contributed by atoms with van der Waals surface area (Å²) in [5, 5.41) is 19.5. The molecule has 0 aliphatic carbocycles. The molecule has 0 bridgehead atoms. The minimum Gasteiger partial charge on any atom is -0.493 e. The van der Waals surface area contributed by atoms with E-state index in [4.69, 9.17) is 9.47 Å². The van der Waals surface area contributed by atoms with Crippen molar-refractivity contribution in [3.8, 4) is 5.75 Å². The van der Waals surface area contributed by atoms with Gasteiger partial charge < -0.3 is 19.7 Å². The third-order valence-electron chi connectivity index (χ3n) is 3.54. The van der Waals surface area contributed by atoms with Gasteiger partial charge in [-0.3, -0.25) is 0 Å². The smallest absolute Gasteiger partial charge is 0.119 e. The van der Waals surface area contributed by atoms with Gasteiger partial charge in [-0.15, -0.1) is 0 Å². The summed E-state index contributed by atoms with van der Waals surface area (Å²) in [4.78, 5) is 0. The van der Waals surface area contributed by atoms with Crippen molar-refractivity contribution in [3.05, 3.63) is 29.8 Å². The first-order valence-electron chi connectivity index (χ1n) is 6.95. The Hall–Kier alpha value is -1.10. The molecular formula is C16H26O4. The molecule has 0 saturated carbocycles. The number of hydrogen-bond donors (Lipinski definition) is 2. The lowest BCUT2D eigenvalue weighted by Gasteiger charge is -2.28. The highest BCUT2D eigenvalue weighted by Gasteiger charge is 2.28. The fourth-order valence-electron chi connectivity index (χ4n) is 1.74. The summed E-state index contributed by atoms with van der Waals surface area (Å²) in [6.07, 6.45) is 0.315. The summed E-state index contributed by atoms with van der Waals surface area (Å²) >= 11 is 0. The predicted octanol–water partition coefficient (Wildman–Crippen LogP) is 2.54. The SMILES string of the molecule is COC(C)CCOc1ccc(C(O)C(C)(C)CO)cc1. The van der Waals surface area contributed by atoms with Crippen molar-refractivity contribution in [1.29, 1.82) is 0 Å². The highest BCUT2D eigenvalue weighted by atomic mass is 16.5. The first-order chi connectivity index (χ1) is 9.40. The van der Waals surface area contributed by atoms with Crippen molar-refractivity contribution >= 4 is 0 Å². The van der Waals surface area contributed by atoms with Gasteiger partial charge in [0.05, 0.1) is 25.4 Å². The molecule has 0 aliphatic rings. The number of benzene rings is 1. The third-order valence-corrected chi connectivity index (χ3v) is 3.54. The number of ether oxygens (including phenoxy) is 2. The molecule has 20 heavy (non-hydrogen) atoms. The molecule has 1 aromatic rings. The lowest BCUT2D eigenvalue weighted by atomic mass is 9.83. The highest BCUT2D eigenvalue weighted by Crippen LogP contribution is 2.33. The topological polar surface area (TPSA) is 58.9 Å². The molecule has 0 spiro atoms. The molecule has 0 amide bonds. The molecule has 0 radical (unpaired) electrons. The van der Waals surface area contributed by atoms with Crippen LogP contribution in [-0.2, 0) is 4.74 Å². The number of methoxy groups -OCH3 is 1. The molecule has 1 aromatic carbocycles. The van der Waals surface area contributed by atoms with Crippen LogP contribution >= 0.6 is 0 Å². The summed E-state index contributed by atoms with van der Waals surface area (Å²) in [6.45, 7) is 6.18. The van der Waals surface area contributed by atoms with E-state index in [2.05, 4.69) is 0 Å². The number of rotatable bonds is 8. The minimum atomic E-state index is -0.699. The van der Waals surface area contributed by atoms with Gasteiger partial charge >= 0.3 is 0 Å². The van der Waals surface area contributed by atoms with Crippen LogP contribution in [-0.4, -0.2) is 36.6 Å². The van der Waals surface area contributed by atoms with Crippen molar-refractivity contribution in [2.75, 3.05) is 20.3 Å². The summed E-state index contributed by atoms with van der Waals surface area (Å²) in [5.74, 6) is 0.769. The maximum Gasteiger partial charge on any atom is 0.119 e. The van der Waals surface area contributed by atoms with Crippen LogP contribution < -0.4 is 4.74 Å². The highest BCUT2D eigenvalue weighted by molar-refractivity contribution is 5.29. The van der Waals surface area contributed by atoms with Crippen molar-refractivity contribution in [2.24, 2.45) is 5.41 Å².